The van der Waals surface area contributed by atoms with E-state index >= 15 is 0 Å². The molecule has 0 radical (unpaired) electrons. The number of carbonyl (C=O) groups is 1. The molecule has 5 heteroatoms. The molecule has 0 aromatic carbocycles. The van der Waals surface area contributed by atoms with Crippen LogP contribution in [0.25, 0.3) is 0 Å². The zero-order valence-electron chi connectivity index (χ0n) is 10.9. The van der Waals surface area contributed by atoms with Gasteiger partial charge in [-0.25, -0.2) is 4.79 Å². The van der Waals surface area contributed by atoms with E-state index in [0.29, 0.717) is 26.1 Å². The Labute approximate surface area is 102 Å². The lowest BCUT2D eigenvalue weighted by molar-refractivity contribution is -0.126. The molecule has 1 fully saturated rings. The molecule has 1 atom stereocenters. The average Bonchev–Trinajstić information content (AvgIpc) is 2.25. The highest BCUT2D eigenvalue weighted by Gasteiger charge is 2.47. The Morgan fingerprint density at radius 1 is 1.47 bits per heavy atom. The topological polar surface area (TPSA) is 81.8 Å². The maximum Gasteiger partial charge on any atom is 0.404 e. The van der Waals surface area contributed by atoms with Crippen LogP contribution >= 0.6 is 0 Å². The molecule has 17 heavy (non-hydrogen) atoms. The third kappa shape index (κ3) is 3.33. The van der Waals surface area contributed by atoms with Crippen LogP contribution in [0.5, 0.6) is 0 Å². The summed E-state index contributed by atoms with van der Waals surface area (Å²) in [7, 11) is 0. The Balaban J connectivity index is 2.96. The van der Waals surface area contributed by atoms with E-state index in [2.05, 4.69) is 0 Å². The van der Waals surface area contributed by atoms with Gasteiger partial charge in [0.05, 0.1) is 6.61 Å². The van der Waals surface area contributed by atoms with Crippen LogP contribution in [-0.2, 0) is 9.47 Å². The number of aliphatic hydroxyl groups is 1. The van der Waals surface area contributed by atoms with Crippen molar-refractivity contribution in [2.45, 2.75) is 39.7 Å². The van der Waals surface area contributed by atoms with E-state index in [-0.39, 0.29) is 12.0 Å². The molecule has 0 bridgehead atoms. The smallest absolute Gasteiger partial charge is 0.404 e. The Bertz CT molecular complexity index is 266. The molecular weight excluding hydrogens is 222 g/mol. The molecule has 0 aromatic rings. The van der Waals surface area contributed by atoms with Crippen molar-refractivity contribution < 1.29 is 19.4 Å². The molecule has 1 saturated heterocycles. The number of hydrogen-bond acceptors (Lipinski definition) is 4. The van der Waals surface area contributed by atoms with Crippen LogP contribution in [0, 0.1) is 10.8 Å². The number of nitrogens with two attached hydrogens (primary N) is 1. The molecular formula is C12H23NO4. The van der Waals surface area contributed by atoms with Crippen molar-refractivity contribution in [2.24, 2.45) is 16.6 Å². The molecule has 3 N–H and O–H groups in total. The molecule has 100 valence electrons. The Hall–Kier alpha value is -0.810. The van der Waals surface area contributed by atoms with Crippen molar-refractivity contribution >= 4 is 6.09 Å². The molecule has 5 nitrogen and oxygen atoms in total. The fourth-order valence-electron chi connectivity index (χ4n) is 2.62. The molecule has 1 amide bonds. The maximum atomic E-state index is 11.0. The normalized spacial score (nSPS) is 21.9. The maximum absolute atomic E-state index is 11.0. The summed E-state index contributed by atoms with van der Waals surface area (Å²) in [6.45, 7) is 7.07. The largest absolute Gasteiger partial charge is 0.445 e. The molecule has 0 saturated carbocycles. The first-order valence-electron chi connectivity index (χ1n) is 5.96. The number of hydrogen-bond donors (Lipinski definition) is 2. The minimum atomic E-state index is -0.788. The van der Waals surface area contributed by atoms with E-state index < -0.39 is 17.6 Å². The van der Waals surface area contributed by atoms with Gasteiger partial charge in [0.2, 0.25) is 0 Å². The number of carbonyl (C=O) groups excluding carboxylic acids is 1. The van der Waals surface area contributed by atoms with Crippen LogP contribution in [0.2, 0.25) is 0 Å². The third-order valence-electron chi connectivity index (χ3n) is 3.38. The van der Waals surface area contributed by atoms with Gasteiger partial charge in [-0.05, 0) is 18.3 Å². The number of ether oxygens (including phenoxy) is 2. The molecule has 1 rings (SSSR count). The summed E-state index contributed by atoms with van der Waals surface area (Å²) in [6.07, 6.45) is 0.169. The zero-order chi connectivity index (χ0) is 13.1. The summed E-state index contributed by atoms with van der Waals surface area (Å²) < 4.78 is 10.6. The van der Waals surface area contributed by atoms with E-state index in [1.54, 1.807) is 0 Å². The minimum Gasteiger partial charge on any atom is -0.445 e. The van der Waals surface area contributed by atoms with E-state index in [1.165, 1.54) is 0 Å². The fraction of sp³-hybridized carbons (Fsp3) is 0.917. The molecule has 0 aliphatic carbocycles. The van der Waals surface area contributed by atoms with Gasteiger partial charge in [-0.3, -0.25) is 0 Å². The second-order valence-electron chi connectivity index (χ2n) is 5.82. The van der Waals surface area contributed by atoms with Crippen molar-refractivity contribution in [1.82, 2.24) is 0 Å². The predicted molar refractivity (Wildman–Crippen MR) is 63.5 cm³/mol. The van der Waals surface area contributed by atoms with Crippen LogP contribution < -0.4 is 5.73 Å². The van der Waals surface area contributed by atoms with Gasteiger partial charge in [0.15, 0.2) is 0 Å². The van der Waals surface area contributed by atoms with Crippen LogP contribution in [0.1, 0.15) is 33.6 Å². The summed E-state index contributed by atoms with van der Waals surface area (Å²) >= 11 is 0. The van der Waals surface area contributed by atoms with Crippen molar-refractivity contribution in [3.05, 3.63) is 0 Å². The highest BCUT2D eigenvalue weighted by atomic mass is 16.6. The lowest BCUT2D eigenvalue weighted by Gasteiger charge is -2.46. The lowest BCUT2D eigenvalue weighted by atomic mass is 9.67. The third-order valence-corrected chi connectivity index (χ3v) is 3.38. The summed E-state index contributed by atoms with van der Waals surface area (Å²) in [5.41, 5.74) is 4.43. The van der Waals surface area contributed by atoms with Gasteiger partial charge in [0.1, 0.15) is 6.10 Å². The van der Waals surface area contributed by atoms with Crippen LogP contribution in [0.4, 0.5) is 4.79 Å². The summed E-state index contributed by atoms with van der Waals surface area (Å²) in [4.78, 5) is 11.0. The second kappa shape index (κ2) is 5.23. The number of rotatable bonds is 3. The SMILES string of the molecule is CC(C)(C)C(OC(N)=O)C1(CO)CCOCC1. The predicted octanol–water partition coefficient (Wildman–Crippen LogP) is 1.29. The molecule has 0 spiro atoms. The van der Waals surface area contributed by atoms with E-state index in [0.717, 1.165) is 0 Å². The van der Waals surface area contributed by atoms with Crippen molar-refractivity contribution in [3.63, 3.8) is 0 Å². The Morgan fingerprint density at radius 3 is 2.35 bits per heavy atom. The van der Waals surface area contributed by atoms with Crippen LogP contribution in [0.3, 0.4) is 0 Å². The highest BCUT2D eigenvalue weighted by molar-refractivity contribution is 5.65. The summed E-state index contributed by atoms with van der Waals surface area (Å²) in [5, 5.41) is 9.70. The molecule has 1 aliphatic heterocycles. The highest BCUT2D eigenvalue weighted by Crippen LogP contribution is 2.43. The fourth-order valence-corrected chi connectivity index (χ4v) is 2.62. The standard InChI is InChI=1S/C12H23NO4/c1-11(2,3)9(17-10(13)15)12(8-14)4-6-16-7-5-12/h9,14H,4-8H2,1-3H3,(H2,13,15). The number of primary amides is 1. The van der Waals surface area contributed by atoms with Crippen LogP contribution in [-0.4, -0.2) is 37.1 Å². The van der Waals surface area contributed by atoms with Gasteiger partial charge >= 0.3 is 6.09 Å². The van der Waals surface area contributed by atoms with Gasteiger partial charge in [-0.2, -0.15) is 0 Å². The first-order valence-corrected chi connectivity index (χ1v) is 5.96. The van der Waals surface area contributed by atoms with E-state index in [4.69, 9.17) is 15.2 Å². The quantitative estimate of drug-likeness (QED) is 0.785. The molecule has 1 aliphatic rings. The average molecular weight is 245 g/mol. The van der Waals surface area contributed by atoms with Gasteiger partial charge in [0, 0.05) is 18.6 Å². The van der Waals surface area contributed by atoms with Gasteiger partial charge in [0.25, 0.3) is 0 Å². The second-order valence-corrected chi connectivity index (χ2v) is 5.82. The Kier molecular flexibility index (Phi) is 4.38. The summed E-state index contributed by atoms with van der Waals surface area (Å²) in [5.74, 6) is 0. The van der Waals surface area contributed by atoms with Gasteiger partial charge < -0.3 is 20.3 Å². The van der Waals surface area contributed by atoms with Crippen LogP contribution in [0.15, 0.2) is 0 Å². The monoisotopic (exact) mass is 245 g/mol. The Morgan fingerprint density at radius 2 is 2.00 bits per heavy atom. The first-order chi connectivity index (χ1) is 7.82. The minimum absolute atomic E-state index is 0.0222. The number of aliphatic hydroxyl groups excluding tert-OH is 1. The molecule has 1 heterocycles. The van der Waals surface area contributed by atoms with E-state index in [1.807, 2.05) is 20.8 Å². The van der Waals surface area contributed by atoms with Crippen molar-refractivity contribution in [2.75, 3.05) is 19.8 Å². The van der Waals surface area contributed by atoms with Gasteiger partial charge in [-0.15, -0.1) is 0 Å². The van der Waals surface area contributed by atoms with Crippen molar-refractivity contribution in [1.29, 1.82) is 0 Å². The number of amides is 1. The van der Waals surface area contributed by atoms with Gasteiger partial charge in [-0.1, -0.05) is 20.8 Å². The molecule has 0 aromatic heterocycles. The summed E-state index contributed by atoms with van der Waals surface area (Å²) in [6, 6.07) is 0. The molecule has 1 unspecified atom stereocenters. The van der Waals surface area contributed by atoms with Crippen molar-refractivity contribution in [3.8, 4) is 0 Å². The first kappa shape index (κ1) is 14.3. The van der Waals surface area contributed by atoms with E-state index in [9.17, 15) is 9.90 Å². The zero-order valence-corrected chi connectivity index (χ0v) is 10.9. The lowest BCUT2D eigenvalue weighted by Crippen LogP contribution is -2.52.